The van der Waals surface area contributed by atoms with E-state index in [1.807, 2.05) is 0 Å². The minimum atomic E-state index is -4.35. The number of morpholine rings is 1. The minimum Gasteiger partial charge on any atom is -0.356 e. The minimum absolute atomic E-state index is 0. The summed E-state index contributed by atoms with van der Waals surface area (Å²) in [6.45, 7) is 3.08. The van der Waals surface area contributed by atoms with Crippen molar-refractivity contribution in [3.63, 3.8) is 0 Å². The third kappa shape index (κ3) is 5.17. The lowest BCUT2D eigenvalue weighted by atomic mass is 10.3. The molecule has 0 radical (unpaired) electrons. The maximum Gasteiger partial charge on any atom is 0.276 e. The topological polar surface area (TPSA) is 105 Å². The highest BCUT2D eigenvalue weighted by Gasteiger charge is 2.30. The van der Waals surface area contributed by atoms with Gasteiger partial charge in [0.1, 0.15) is 6.23 Å². The molecule has 1 rings (SSSR count). The number of halogens is 1. The smallest absolute Gasteiger partial charge is 0.276 e. The fourth-order valence-electron chi connectivity index (χ4n) is 1.44. The van der Waals surface area contributed by atoms with Crippen LogP contribution in [0.25, 0.3) is 0 Å². The molecule has 0 saturated carbocycles. The van der Waals surface area contributed by atoms with Crippen molar-refractivity contribution in [3.05, 3.63) is 0 Å². The number of carbonyl (C=O) groups excluding carboxylic acids is 1. The quantitative estimate of drug-likeness (QED) is 0.581. The summed E-state index contributed by atoms with van der Waals surface area (Å²) in [4.78, 5) is 11.5. The van der Waals surface area contributed by atoms with Gasteiger partial charge in [0.15, 0.2) is 5.25 Å². The van der Waals surface area contributed by atoms with Crippen LogP contribution in [0.5, 0.6) is 0 Å². The number of amides is 1. The Hall–Kier alpha value is -0.410. The predicted molar refractivity (Wildman–Crippen MR) is 63.6 cm³/mol. The molecule has 0 aromatic heterocycles. The van der Waals surface area contributed by atoms with Crippen LogP contribution in [-0.2, 0) is 19.6 Å². The number of ether oxygens (including phenoxy) is 1. The van der Waals surface area contributed by atoms with Gasteiger partial charge in [-0.3, -0.25) is 9.35 Å². The molecule has 1 amide bonds. The molecule has 1 heterocycles. The Morgan fingerprint density at radius 2 is 2.29 bits per heavy atom. The van der Waals surface area contributed by atoms with Crippen LogP contribution in [-0.4, -0.2) is 50.1 Å². The standard InChI is InChI=1S/C8H16N2O5S.ClH/c1-2-6(16(12,13)14)8(11)10-7-5-9-3-4-15-7;/h6-7,9H,2-5H2,1H3,(H,10,11)(H,12,13,14);1H. The van der Waals surface area contributed by atoms with Gasteiger partial charge in [0.25, 0.3) is 10.1 Å². The van der Waals surface area contributed by atoms with Crippen molar-refractivity contribution in [1.29, 1.82) is 0 Å². The molecule has 0 aromatic carbocycles. The fraction of sp³-hybridized carbons (Fsp3) is 0.875. The van der Waals surface area contributed by atoms with E-state index in [0.29, 0.717) is 19.7 Å². The Morgan fingerprint density at radius 3 is 2.71 bits per heavy atom. The molecule has 17 heavy (non-hydrogen) atoms. The zero-order chi connectivity index (χ0) is 12.2. The van der Waals surface area contributed by atoms with Gasteiger partial charge in [-0.25, -0.2) is 0 Å². The highest BCUT2D eigenvalue weighted by Crippen LogP contribution is 2.05. The van der Waals surface area contributed by atoms with E-state index < -0.39 is 27.5 Å². The molecule has 0 bridgehead atoms. The van der Waals surface area contributed by atoms with Gasteiger partial charge in [-0.1, -0.05) is 6.92 Å². The summed E-state index contributed by atoms with van der Waals surface area (Å²) in [5.41, 5.74) is 0. The SMILES string of the molecule is CCC(C(=O)NC1CNCCO1)S(=O)(=O)O.Cl. The Morgan fingerprint density at radius 1 is 1.65 bits per heavy atom. The van der Waals surface area contributed by atoms with Crippen LogP contribution in [0, 0.1) is 0 Å². The van der Waals surface area contributed by atoms with Gasteiger partial charge in [0, 0.05) is 13.1 Å². The lowest BCUT2D eigenvalue weighted by Gasteiger charge is -2.25. The number of carbonyl (C=O) groups is 1. The van der Waals surface area contributed by atoms with Crippen molar-refractivity contribution in [2.45, 2.75) is 24.8 Å². The molecular weight excluding hydrogens is 272 g/mol. The summed E-state index contributed by atoms with van der Waals surface area (Å²) in [5.74, 6) is -0.737. The molecule has 102 valence electrons. The van der Waals surface area contributed by atoms with E-state index in [9.17, 15) is 13.2 Å². The highest BCUT2D eigenvalue weighted by atomic mass is 35.5. The van der Waals surface area contributed by atoms with E-state index in [-0.39, 0.29) is 18.8 Å². The monoisotopic (exact) mass is 288 g/mol. The first-order chi connectivity index (χ1) is 7.45. The van der Waals surface area contributed by atoms with Gasteiger partial charge in [-0.2, -0.15) is 8.42 Å². The second-order valence-electron chi connectivity index (χ2n) is 3.48. The van der Waals surface area contributed by atoms with Gasteiger partial charge in [0.05, 0.1) is 6.61 Å². The van der Waals surface area contributed by atoms with Crippen molar-refractivity contribution in [3.8, 4) is 0 Å². The van der Waals surface area contributed by atoms with Crippen LogP contribution in [0.3, 0.4) is 0 Å². The van der Waals surface area contributed by atoms with Crippen molar-refractivity contribution in [2.24, 2.45) is 0 Å². The molecule has 2 atom stereocenters. The molecule has 1 fully saturated rings. The predicted octanol–water partition coefficient (Wildman–Crippen LogP) is -0.863. The molecule has 1 aliphatic rings. The zero-order valence-corrected chi connectivity index (χ0v) is 11.0. The number of rotatable bonds is 4. The van der Waals surface area contributed by atoms with E-state index in [1.165, 1.54) is 6.92 Å². The average molecular weight is 289 g/mol. The third-order valence-electron chi connectivity index (χ3n) is 2.25. The van der Waals surface area contributed by atoms with Gasteiger partial charge in [-0.05, 0) is 6.42 Å². The van der Waals surface area contributed by atoms with Crippen molar-refractivity contribution in [2.75, 3.05) is 19.7 Å². The molecular formula is C8H17ClN2O5S. The second kappa shape index (κ2) is 7.12. The number of hydrogen-bond acceptors (Lipinski definition) is 5. The summed E-state index contributed by atoms with van der Waals surface area (Å²) in [7, 11) is -4.35. The summed E-state index contributed by atoms with van der Waals surface area (Å²) in [6.07, 6.45) is -0.526. The normalized spacial score (nSPS) is 22.4. The average Bonchev–Trinajstić information content (AvgIpc) is 2.17. The first-order valence-electron chi connectivity index (χ1n) is 5.04. The van der Waals surface area contributed by atoms with E-state index >= 15 is 0 Å². The number of nitrogens with one attached hydrogen (secondary N) is 2. The van der Waals surface area contributed by atoms with E-state index in [0.717, 1.165) is 0 Å². The molecule has 7 nitrogen and oxygen atoms in total. The maximum atomic E-state index is 11.5. The molecule has 3 N–H and O–H groups in total. The maximum absolute atomic E-state index is 11.5. The molecule has 0 spiro atoms. The van der Waals surface area contributed by atoms with E-state index in [2.05, 4.69) is 10.6 Å². The van der Waals surface area contributed by atoms with Gasteiger partial charge in [0.2, 0.25) is 5.91 Å². The van der Waals surface area contributed by atoms with E-state index in [1.54, 1.807) is 0 Å². The van der Waals surface area contributed by atoms with Gasteiger partial charge < -0.3 is 15.4 Å². The Balaban J connectivity index is 0.00000256. The van der Waals surface area contributed by atoms with E-state index in [4.69, 9.17) is 9.29 Å². The molecule has 1 saturated heterocycles. The van der Waals surface area contributed by atoms with Crippen LogP contribution in [0.15, 0.2) is 0 Å². The Kier molecular flexibility index (Phi) is 6.95. The number of hydrogen-bond donors (Lipinski definition) is 3. The zero-order valence-electron chi connectivity index (χ0n) is 9.38. The molecule has 2 unspecified atom stereocenters. The molecule has 9 heteroatoms. The second-order valence-corrected chi connectivity index (χ2v) is 5.08. The van der Waals surface area contributed by atoms with Crippen molar-refractivity contribution < 1.29 is 22.5 Å². The first-order valence-corrected chi connectivity index (χ1v) is 6.54. The van der Waals surface area contributed by atoms with Crippen molar-refractivity contribution in [1.82, 2.24) is 10.6 Å². The van der Waals surface area contributed by atoms with Crippen molar-refractivity contribution >= 4 is 28.4 Å². The molecule has 1 aliphatic heterocycles. The van der Waals surface area contributed by atoms with Crippen LogP contribution < -0.4 is 10.6 Å². The summed E-state index contributed by atoms with van der Waals surface area (Å²) in [5, 5.41) is 3.97. The van der Waals surface area contributed by atoms with Crippen LogP contribution in [0.4, 0.5) is 0 Å². The Labute approximate surface area is 106 Å². The van der Waals surface area contributed by atoms with Crippen LogP contribution >= 0.6 is 12.4 Å². The Bertz CT molecular complexity index is 342. The summed E-state index contributed by atoms with van der Waals surface area (Å²) in [6, 6.07) is 0. The van der Waals surface area contributed by atoms with Crippen LogP contribution in [0.2, 0.25) is 0 Å². The van der Waals surface area contributed by atoms with Gasteiger partial charge in [-0.15, -0.1) is 12.4 Å². The third-order valence-corrected chi connectivity index (χ3v) is 3.52. The van der Waals surface area contributed by atoms with Crippen LogP contribution in [0.1, 0.15) is 13.3 Å². The lowest BCUT2D eigenvalue weighted by molar-refractivity contribution is -0.126. The largest absolute Gasteiger partial charge is 0.356 e. The molecule has 0 aliphatic carbocycles. The lowest BCUT2D eigenvalue weighted by Crippen LogP contribution is -2.52. The molecule has 0 aromatic rings. The first kappa shape index (κ1) is 16.6. The van der Waals surface area contributed by atoms with Gasteiger partial charge >= 0.3 is 0 Å². The fourth-order valence-corrected chi connectivity index (χ4v) is 2.20. The highest BCUT2D eigenvalue weighted by molar-refractivity contribution is 7.87. The summed E-state index contributed by atoms with van der Waals surface area (Å²) >= 11 is 0. The summed E-state index contributed by atoms with van der Waals surface area (Å²) < 4.78 is 35.8.